The van der Waals surface area contributed by atoms with E-state index in [2.05, 4.69) is 4.90 Å². The number of nitriles is 1. The number of likely N-dealkylation sites (N-methyl/N-ethyl adjacent to an activating group) is 1. The summed E-state index contributed by atoms with van der Waals surface area (Å²) < 4.78 is 4.93. The third-order valence-corrected chi connectivity index (χ3v) is 3.05. The summed E-state index contributed by atoms with van der Waals surface area (Å²) in [4.78, 5) is 15.7. The molecule has 0 bridgehead atoms. The fourth-order valence-electron chi connectivity index (χ4n) is 2.01. The largest absolute Gasteiger partial charge is 0.462 e. The van der Waals surface area contributed by atoms with E-state index in [9.17, 15) is 10.1 Å². The smallest absolute Gasteiger partial charge is 0.351 e. The summed E-state index contributed by atoms with van der Waals surface area (Å²) in [6.45, 7) is 3.00. The second-order valence-corrected chi connectivity index (χ2v) is 4.65. The minimum absolute atomic E-state index is 0.0552. The molecule has 1 rings (SSSR count). The first-order valence-electron chi connectivity index (χ1n) is 6.41. The standard InChI is InChI=1S/C14H21N3O2/c1-5-19-14(18)12(10-15)13(16(2)3)9-11-7-6-8-17(11)4/h9H,5-8H2,1-4H3/b11-9+,13-12+. The van der Waals surface area contributed by atoms with Crippen LogP contribution in [-0.2, 0) is 9.53 Å². The van der Waals surface area contributed by atoms with Crippen molar-refractivity contribution in [3.05, 3.63) is 23.0 Å². The molecule has 0 atom stereocenters. The van der Waals surface area contributed by atoms with Crippen molar-refractivity contribution < 1.29 is 9.53 Å². The molecule has 19 heavy (non-hydrogen) atoms. The Morgan fingerprint density at radius 3 is 2.68 bits per heavy atom. The lowest BCUT2D eigenvalue weighted by molar-refractivity contribution is -0.138. The highest BCUT2D eigenvalue weighted by Gasteiger charge is 2.19. The van der Waals surface area contributed by atoms with E-state index >= 15 is 0 Å². The number of nitrogens with zero attached hydrogens (tertiary/aromatic N) is 3. The fraction of sp³-hybridized carbons (Fsp3) is 0.571. The summed E-state index contributed by atoms with van der Waals surface area (Å²) >= 11 is 0. The lowest BCUT2D eigenvalue weighted by Crippen LogP contribution is -2.19. The van der Waals surface area contributed by atoms with Gasteiger partial charge in [-0.1, -0.05) is 0 Å². The molecule has 1 fully saturated rings. The van der Waals surface area contributed by atoms with Crippen LogP contribution >= 0.6 is 0 Å². The van der Waals surface area contributed by atoms with E-state index in [1.54, 1.807) is 11.8 Å². The third-order valence-electron chi connectivity index (χ3n) is 3.05. The third kappa shape index (κ3) is 3.75. The molecule has 0 N–H and O–H groups in total. The maximum atomic E-state index is 11.8. The van der Waals surface area contributed by atoms with E-state index in [4.69, 9.17) is 4.74 Å². The van der Waals surface area contributed by atoms with Crippen LogP contribution in [-0.4, -0.2) is 50.1 Å². The lowest BCUT2D eigenvalue weighted by Gasteiger charge is -2.19. The Bertz CT molecular complexity index is 444. The topological polar surface area (TPSA) is 56.6 Å². The van der Waals surface area contributed by atoms with Crippen molar-refractivity contribution >= 4 is 5.97 Å². The molecule has 0 aliphatic carbocycles. The average molecular weight is 263 g/mol. The summed E-state index contributed by atoms with van der Waals surface area (Å²) in [5.74, 6) is -0.564. The molecule has 0 aromatic rings. The first-order chi connectivity index (χ1) is 9.01. The van der Waals surface area contributed by atoms with Crippen molar-refractivity contribution in [2.75, 3.05) is 34.3 Å². The zero-order chi connectivity index (χ0) is 14.4. The summed E-state index contributed by atoms with van der Waals surface area (Å²) in [5, 5.41) is 9.20. The number of hydrogen-bond donors (Lipinski definition) is 0. The molecular weight excluding hydrogens is 242 g/mol. The molecule has 0 radical (unpaired) electrons. The Balaban J connectivity index is 3.17. The van der Waals surface area contributed by atoms with Crippen LogP contribution < -0.4 is 0 Å². The monoisotopic (exact) mass is 263 g/mol. The molecule has 0 unspecified atom stereocenters. The highest BCUT2D eigenvalue weighted by atomic mass is 16.5. The van der Waals surface area contributed by atoms with Crippen molar-refractivity contribution in [3.63, 3.8) is 0 Å². The number of rotatable bonds is 4. The summed E-state index contributed by atoms with van der Waals surface area (Å²) in [6.07, 6.45) is 3.97. The molecule has 0 saturated carbocycles. The van der Waals surface area contributed by atoms with E-state index < -0.39 is 5.97 Å². The molecule has 5 nitrogen and oxygen atoms in total. The van der Waals surface area contributed by atoms with Crippen LogP contribution in [0.15, 0.2) is 23.0 Å². The van der Waals surface area contributed by atoms with E-state index in [0.717, 1.165) is 25.1 Å². The molecule has 0 spiro atoms. The Labute approximate surface area is 114 Å². The molecular formula is C14H21N3O2. The predicted octanol–water partition coefficient (Wildman–Crippen LogP) is 1.50. The zero-order valence-electron chi connectivity index (χ0n) is 12.1. The van der Waals surface area contributed by atoms with Crippen LogP contribution in [0.5, 0.6) is 0 Å². The minimum Gasteiger partial charge on any atom is -0.462 e. The van der Waals surface area contributed by atoms with Gasteiger partial charge >= 0.3 is 5.97 Å². The Hall–Kier alpha value is -1.96. The predicted molar refractivity (Wildman–Crippen MR) is 72.9 cm³/mol. The molecule has 1 aliphatic heterocycles. The number of allylic oxidation sites excluding steroid dienone is 2. The zero-order valence-corrected chi connectivity index (χ0v) is 12.1. The SMILES string of the molecule is CCOC(=O)/C(C#N)=C(\C=C1/CCCN1C)N(C)C. The molecule has 104 valence electrons. The second-order valence-electron chi connectivity index (χ2n) is 4.65. The molecule has 0 amide bonds. The van der Waals surface area contributed by atoms with Crippen LogP contribution in [0.1, 0.15) is 19.8 Å². The quantitative estimate of drug-likeness (QED) is 0.437. The van der Waals surface area contributed by atoms with Gasteiger partial charge in [-0.25, -0.2) is 4.79 Å². The van der Waals surface area contributed by atoms with Gasteiger partial charge in [0.1, 0.15) is 6.07 Å². The highest BCUT2D eigenvalue weighted by molar-refractivity contribution is 5.94. The van der Waals surface area contributed by atoms with Crippen molar-refractivity contribution in [2.24, 2.45) is 0 Å². The van der Waals surface area contributed by atoms with Crippen LogP contribution in [0.2, 0.25) is 0 Å². The van der Waals surface area contributed by atoms with E-state index in [0.29, 0.717) is 5.70 Å². The van der Waals surface area contributed by atoms with Crippen molar-refractivity contribution in [1.29, 1.82) is 5.26 Å². The van der Waals surface area contributed by atoms with Gasteiger partial charge in [0.25, 0.3) is 0 Å². The van der Waals surface area contributed by atoms with Gasteiger partial charge in [-0.3, -0.25) is 0 Å². The van der Waals surface area contributed by atoms with Crippen molar-refractivity contribution in [2.45, 2.75) is 19.8 Å². The van der Waals surface area contributed by atoms with Crippen LogP contribution in [0, 0.1) is 11.3 Å². The number of ether oxygens (including phenoxy) is 1. The molecule has 1 heterocycles. The van der Waals surface area contributed by atoms with Gasteiger partial charge in [0.2, 0.25) is 0 Å². The lowest BCUT2D eigenvalue weighted by atomic mass is 10.1. The second kappa shape index (κ2) is 6.83. The van der Waals surface area contributed by atoms with Gasteiger partial charge in [0, 0.05) is 33.4 Å². The number of carbonyl (C=O) groups is 1. The minimum atomic E-state index is -0.564. The number of hydrogen-bond acceptors (Lipinski definition) is 5. The van der Waals surface area contributed by atoms with Gasteiger partial charge < -0.3 is 14.5 Å². The first kappa shape index (κ1) is 15.1. The molecule has 0 aromatic heterocycles. The van der Waals surface area contributed by atoms with Crippen molar-refractivity contribution in [1.82, 2.24) is 9.80 Å². The number of carbonyl (C=O) groups excluding carboxylic acids is 1. The normalized spacial score (nSPS) is 18.1. The molecule has 0 aromatic carbocycles. The fourth-order valence-corrected chi connectivity index (χ4v) is 2.01. The van der Waals surface area contributed by atoms with Crippen LogP contribution in [0.3, 0.4) is 0 Å². The maximum absolute atomic E-state index is 11.8. The van der Waals surface area contributed by atoms with Gasteiger partial charge in [0.15, 0.2) is 5.57 Å². The van der Waals surface area contributed by atoms with E-state index in [1.807, 2.05) is 33.3 Å². The van der Waals surface area contributed by atoms with Crippen LogP contribution in [0.25, 0.3) is 0 Å². The Morgan fingerprint density at radius 1 is 1.58 bits per heavy atom. The Kier molecular flexibility index (Phi) is 5.43. The van der Waals surface area contributed by atoms with Gasteiger partial charge in [-0.05, 0) is 25.8 Å². The van der Waals surface area contributed by atoms with E-state index in [1.165, 1.54) is 0 Å². The van der Waals surface area contributed by atoms with Gasteiger partial charge in [-0.2, -0.15) is 5.26 Å². The summed E-state index contributed by atoms with van der Waals surface area (Å²) in [5.41, 5.74) is 1.80. The molecule has 5 heteroatoms. The summed E-state index contributed by atoms with van der Waals surface area (Å²) in [6, 6.07) is 1.96. The average Bonchev–Trinajstić information content (AvgIpc) is 2.75. The Morgan fingerprint density at radius 2 is 2.26 bits per heavy atom. The molecule has 1 saturated heterocycles. The first-order valence-corrected chi connectivity index (χ1v) is 6.41. The summed E-state index contributed by atoms with van der Waals surface area (Å²) in [7, 11) is 5.65. The van der Waals surface area contributed by atoms with Gasteiger partial charge in [-0.15, -0.1) is 0 Å². The van der Waals surface area contributed by atoms with Crippen LogP contribution in [0.4, 0.5) is 0 Å². The highest BCUT2D eigenvalue weighted by Crippen LogP contribution is 2.22. The van der Waals surface area contributed by atoms with Crippen molar-refractivity contribution in [3.8, 4) is 6.07 Å². The number of esters is 1. The maximum Gasteiger partial charge on any atom is 0.351 e. The van der Waals surface area contributed by atoms with Gasteiger partial charge in [0.05, 0.1) is 12.3 Å². The van der Waals surface area contributed by atoms with E-state index in [-0.39, 0.29) is 12.2 Å². The number of likely N-dealkylation sites (tertiary alicyclic amines) is 1. The molecule has 1 aliphatic rings.